The van der Waals surface area contributed by atoms with E-state index in [1.807, 2.05) is 6.92 Å². The van der Waals surface area contributed by atoms with Gasteiger partial charge in [0.05, 0.1) is 6.61 Å². The average Bonchev–Trinajstić information content (AvgIpc) is 2.41. The molecule has 0 aliphatic rings. The summed E-state index contributed by atoms with van der Waals surface area (Å²) in [7, 11) is 0. The highest BCUT2D eigenvalue weighted by Crippen LogP contribution is 2.21. The molecule has 112 valence electrons. The van der Waals surface area contributed by atoms with Crippen LogP contribution in [0.3, 0.4) is 0 Å². The third-order valence-corrected chi connectivity index (χ3v) is 2.57. The predicted molar refractivity (Wildman–Crippen MR) is 70.6 cm³/mol. The first-order valence-corrected chi connectivity index (χ1v) is 6.46. The van der Waals surface area contributed by atoms with Crippen LogP contribution in [0.15, 0.2) is 18.2 Å². The molecule has 0 saturated carbocycles. The Morgan fingerprint density at radius 1 is 1.40 bits per heavy atom. The lowest BCUT2D eigenvalue weighted by Gasteiger charge is -2.14. The Balaban J connectivity index is 2.49. The van der Waals surface area contributed by atoms with Crippen molar-refractivity contribution in [1.82, 2.24) is 0 Å². The van der Waals surface area contributed by atoms with Gasteiger partial charge in [0.15, 0.2) is 0 Å². The minimum absolute atomic E-state index is 0.0950. The van der Waals surface area contributed by atoms with Crippen LogP contribution < -0.4 is 4.74 Å². The van der Waals surface area contributed by atoms with Gasteiger partial charge >= 0.3 is 5.97 Å². The Hall–Kier alpha value is -1.66. The summed E-state index contributed by atoms with van der Waals surface area (Å²) >= 11 is 0. The van der Waals surface area contributed by atoms with E-state index in [1.54, 1.807) is 0 Å². The Bertz CT molecular complexity index is 436. The zero-order valence-electron chi connectivity index (χ0n) is 11.3. The van der Waals surface area contributed by atoms with Gasteiger partial charge in [-0.05, 0) is 18.6 Å². The van der Waals surface area contributed by atoms with Crippen LogP contribution in [0, 0.1) is 5.82 Å². The Kier molecular flexibility index (Phi) is 6.97. The molecule has 5 nitrogen and oxygen atoms in total. The number of ether oxygens (including phenoxy) is 2. The zero-order chi connectivity index (χ0) is 15.0. The van der Waals surface area contributed by atoms with E-state index in [2.05, 4.69) is 0 Å². The van der Waals surface area contributed by atoms with Gasteiger partial charge in [-0.3, -0.25) is 0 Å². The SMILES string of the molecule is CCCCOCC(O)COc1cccc(F)c1C(=O)O. The topological polar surface area (TPSA) is 76.0 Å². The maximum Gasteiger partial charge on any atom is 0.342 e. The van der Waals surface area contributed by atoms with Crippen LogP contribution in [-0.4, -0.2) is 42.1 Å². The molecule has 1 unspecified atom stereocenters. The van der Waals surface area contributed by atoms with Gasteiger partial charge in [-0.15, -0.1) is 0 Å². The average molecular weight is 286 g/mol. The lowest BCUT2D eigenvalue weighted by Crippen LogP contribution is -2.24. The number of carbonyl (C=O) groups is 1. The normalized spacial score (nSPS) is 12.2. The lowest BCUT2D eigenvalue weighted by atomic mass is 10.2. The van der Waals surface area contributed by atoms with Gasteiger partial charge in [0.2, 0.25) is 0 Å². The number of aliphatic hydroxyl groups excluding tert-OH is 1. The summed E-state index contributed by atoms with van der Waals surface area (Å²) in [4.78, 5) is 10.9. The molecule has 0 radical (unpaired) electrons. The predicted octanol–water partition coefficient (Wildman–Crippen LogP) is 2.08. The molecule has 1 rings (SSSR count). The van der Waals surface area contributed by atoms with Crippen LogP contribution in [0.2, 0.25) is 0 Å². The smallest absolute Gasteiger partial charge is 0.342 e. The van der Waals surface area contributed by atoms with Gasteiger partial charge in [0.1, 0.15) is 29.8 Å². The summed E-state index contributed by atoms with van der Waals surface area (Å²) in [5, 5.41) is 18.5. The van der Waals surface area contributed by atoms with Crippen LogP contribution in [0.1, 0.15) is 30.1 Å². The number of aliphatic hydroxyl groups is 1. The molecular formula is C14H19FO5. The summed E-state index contributed by atoms with van der Waals surface area (Å²) < 4.78 is 23.7. The highest BCUT2D eigenvalue weighted by molar-refractivity contribution is 5.91. The Morgan fingerprint density at radius 3 is 2.80 bits per heavy atom. The van der Waals surface area contributed by atoms with Crippen LogP contribution >= 0.6 is 0 Å². The van der Waals surface area contributed by atoms with Crippen molar-refractivity contribution >= 4 is 5.97 Å². The largest absolute Gasteiger partial charge is 0.490 e. The molecule has 0 amide bonds. The maximum atomic E-state index is 13.4. The van der Waals surface area contributed by atoms with Gasteiger partial charge in [0.25, 0.3) is 0 Å². The molecule has 20 heavy (non-hydrogen) atoms. The van der Waals surface area contributed by atoms with Gasteiger partial charge in [-0.1, -0.05) is 19.4 Å². The molecule has 0 spiro atoms. The first-order chi connectivity index (χ1) is 9.56. The number of halogens is 1. The number of rotatable bonds is 9. The molecule has 1 aromatic carbocycles. The highest BCUT2D eigenvalue weighted by Gasteiger charge is 2.17. The molecule has 0 aliphatic carbocycles. The summed E-state index contributed by atoms with van der Waals surface area (Å²) in [6, 6.07) is 3.74. The fraction of sp³-hybridized carbons (Fsp3) is 0.500. The van der Waals surface area contributed by atoms with E-state index >= 15 is 0 Å². The van der Waals surface area contributed by atoms with Crippen molar-refractivity contribution in [1.29, 1.82) is 0 Å². The number of benzene rings is 1. The molecule has 0 fully saturated rings. The van der Waals surface area contributed by atoms with Crippen molar-refractivity contribution in [2.45, 2.75) is 25.9 Å². The first-order valence-electron chi connectivity index (χ1n) is 6.46. The van der Waals surface area contributed by atoms with E-state index in [9.17, 15) is 14.3 Å². The second-order valence-electron chi connectivity index (χ2n) is 4.31. The first kappa shape index (κ1) is 16.4. The molecule has 1 atom stereocenters. The number of aromatic carboxylic acids is 1. The monoisotopic (exact) mass is 286 g/mol. The molecular weight excluding hydrogens is 267 g/mol. The number of carboxylic acid groups (broad SMARTS) is 1. The summed E-state index contributed by atoms with van der Waals surface area (Å²) in [6.45, 7) is 2.52. The molecule has 0 aliphatic heterocycles. The zero-order valence-corrected chi connectivity index (χ0v) is 11.3. The number of carboxylic acids is 1. The van der Waals surface area contributed by atoms with Crippen molar-refractivity contribution in [3.05, 3.63) is 29.6 Å². The highest BCUT2D eigenvalue weighted by atomic mass is 19.1. The summed E-state index contributed by atoms with van der Waals surface area (Å²) in [5.74, 6) is -2.39. The third kappa shape index (κ3) is 5.14. The molecule has 6 heteroatoms. The van der Waals surface area contributed by atoms with E-state index in [1.165, 1.54) is 12.1 Å². The van der Waals surface area contributed by atoms with Gasteiger partial charge < -0.3 is 19.7 Å². The third-order valence-electron chi connectivity index (χ3n) is 2.57. The van der Waals surface area contributed by atoms with Crippen molar-refractivity contribution in [2.24, 2.45) is 0 Å². The van der Waals surface area contributed by atoms with Gasteiger partial charge in [0, 0.05) is 6.61 Å². The second kappa shape index (κ2) is 8.50. The molecule has 2 N–H and O–H groups in total. The van der Waals surface area contributed by atoms with E-state index in [4.69, 9.17) is 14.6 Å². The standard InChI is InChI=1S/C14H19FO5/c1-2-3-7-19-8-10(16)9-20-12-6-4-5-11(15)13(12)14(17)18/h4-6,10,16H,2-3,7-9H2,1H3,(H,17,18). The minimum atomic E-state index is -1.41. The van der Waals surface area contributed by atoms with Crippen LogP contribution in [0.5, 0.6) is 5.75 Å². The summed E-state index contributed by atoms with van der Waals surface area (Å²) in [5.41, 5.74) is -0.536. The Labute approximate surface area is 116 Å². The maximum absolute atomic E-state index is 13.4. The van der Waals surface area contributed by atoms with Crippen LogP contribution in [0.4, 0.5) is 4.39 Å². The van der Waals surface area contributed by atoms with Crippen molar-refractivity contribution in [2.75, 3.05) is 19.8 Å². The lowest BCUT2D eigenvalue weighted by molar-refractivity contribution is 0.0109. The van der Waals surface area contributed by atoms with Crippen LogP contribution in [-0.2, 0) is 4.74 Å². The van der Waals surface area contributed by atoms with E-state index in [0.717, 1.165) is 18.9 Å². The number of hydrogen-bond acceptors (Lipinski definition) is 4. The number of unbranched alkanes of at least 4 members (excludes halogenated alkanes) is 1. The fourth-order valence-corrected chi connectivity index (χ4v) is 1.53. The Morgan fingerprint density at radius 2 is 2.15 bits per heavy atom. The molecule has 0 aromatic heterocycles. The fourth-order valence-electron chi connectivity index (χ4n) is 1.53. The van der Waals surface area contributed by atoms with Crippen molar-refractivity contribution in [3.8, 4) is 5.75 Å². The van der Waals surface area contributed by atoms with Gasteiger partial charge in [-0.25, -0.2) is 9.18 Å². The van der Waals surface area contributed by atoms with Crippen molar-refractivity contribution in [3.63, 3.8) is 0 Å². The number of hydrogen-bond donors (Lipinski definition) is 2. The van der Waals surface area contributed by atoms with Crippen molar-refractivity contribution < 1.29 is 28.9 Å². The quantitative estimate of drug-likeness (QED) is 0.680. The molecule has 0 saturated heterocycles. The van der Waals surface area contributed by atoms with E-state index < -0.39 is 23.5 Å². The summed E-state index contributed by atoms with van der Waals surface area (Å²) in [6.07, 6.45) is 1.01. The molecule has 0 heterocycles. The van der Waals surface area contributed by atoms with Crippen LogP contribution in [0.25, 0.3) is 0 Å². The van der Waals surface area contributed by atoms with Gasteiger partial charge in [-0.2, -0.15) is 0 Å². The van der Waals surface area contributed by atoms with E-state index in [0.29, 0.717) is 6.61 Å². The molecule has 1 aromatic rings. The molecule has 0 bridgehead atoms. The van der Waals surface area contributed by atoms with E-state index in [-0.39, 0.29) is 19.0 Å². The minimum Gasteiger partial charge on any atom is -0.490 e. The second-order valence-corrected chi connectivity index (χ2v) is 4.31.